The molecule has 0 radical (unpaired) electrons. The molecule has 1 fully saturated rings. The van der Waals surface area contributed by atoms with Crippen molar-refractivity contribution in [2.24, 2.45) is 0 Å². The van der Waals surface area contributed by atoms with Gasteiger partial charge in [0.2, 0.25) is 11.8 Å². The normalized spacial score (nSPS) is 14.5. The number of ether oxygens (including phenoxy) is 1. The summed E-state index contributed by atoms with van der Waals surface area (Å²) in [6.45, 7) is 5.39. The van der Waals surface area contributed by atoms with Crippen LogP contribution in [0, 0.1) is 0 Å². The maximum Gasteiger partial charge on any atom is 0.224 e. The molecule has 1 aliphatic heterocycles. The summed E-state index contributed by atoms with van der Waals surface area (Å²) in [5.74, 6) is -0.125. The van der Waals surface area contributed by atoms with Crippen molar-refractivity contribution in [3.05, 3.63) is 42.5 Å². The smallest absolute Gasteiger partial charge is 0.224 e. The molecule has 0 aliphatic carbocycles. The molecule has 6 heteroatoms. The molecular formula is C22H25N3O3. The molecule has 2 heterocycles. The highest BCUT2D eigenvalue weighted by Gasteiger charge is 2.18. The van der Waals surface area contributed by atoms with E-state index in [9.17, 15) is 9.59 Å². The van der Waals surface area contributed by atoms with Crippen LogP contribution in [0.15, 0.2) is 42.5 Å². The fourth-order valence-corrected chi connectivity index (χ4v) is 3.89. The van der Waals surface area contributed by atoms with Gasteiger partial charge in [0.15, 0.2) is 0 Å². The Bertz CT molecular complexity index is 1020. The second-order valence-corrected chi connectivity index (χ2v) is 7.03. The van der Waals surface area contributed by atoms with E-state index in [0.717, 1.165) is 23.1 Å². The van der Waals surface area contributed by atoms with Crippen LogP contribution in [0.5, 0.6) is 0 Å². The number of hydrogen-bond acceptors (Lipinski definition) is 3. The fourth-order valence-electron chi connectivity index (χ4n) is 3.89. The van der Waals surface area contributed by atoms with Crippen molar-refractivity contribution < 1.29 is 14.3 Å². The molecule has 6 nitrogen and oxygen atoms in total. The van der Waals surface area contributed by atoms with Gasteiger partial charge in [-0.05, 0) is 31.2 Å². The number of nitrogens with one attached hydrogen (secondary N) is 1. The van der Waals surface area contributed by atoms with Gasteiger partial charge in [0.1, 0.15) is 0 Å². The number of carbonyl (C=O) groups excluding carboxylic acids is 2. The Morgan fingerprint density at radius 2 is 1.75 bits per heavy atom. The lowest BCUT2D eigenvalue weighted by Crippen LogP contribution is -2.40. The van der Waals surface area contributed by atoms with Crippen molar-refractivity contribution in [3.8, 4) is 0 Å². The molecule has 0 bridgehead atoms. The van der Waals surface area contributed by atoms with Crippen molar-refractivity contribution in [2.75, 3.05) is 31.6 Å². The van der Waals surface area contributed by atoms with Gasteiger partial charge in [0, 0.05) is 60.0 Å². The predicted octanol–water partition coefficient (Wildman–Crippen LogP) is 3.39. The van der Waals surface area contributed by atoms with E-state index in [4.69, 9.17) is 4.74 Å². The number of nitrogens with zero attached hydrogens (tertiary/aromatic N) is 2. The van der Waals surface area contributed by atoms with Gasteiger partial charge in [0.05, 0.1) is 13.2 Å². The summed E-state index contributed by atoms with van der Waals surface area (Å²) in [4.78, 5) is 26.3. The fraction of sp³-hybridized carbons (Fsp3) is 0.364. The van der Waals surface area contributed by atoms with E-state index in [1.165, 1.54) is 10.9 Å². The Labute approximate surface area is 164 Å². The van der Waals surface area contributed by atoms with Gasteiger partial charge in [-0.3, -0.25) is 9.59 Å². The summed E-state index contributed by atoms with van der Waals surface area (Å²) in [7, 11) is 0. The van der Waals surface area contributed by atoms with Crippen LogP contribution in [0.3, 0.4) is 0 Å². The van der Waals surface area contributed by atoms with Crippen molar-refractivity contribution in [2.45, 2.75) is 26.3 Å². The third kappa shape index (κ3) is 3.60. The number of aryl methyl sites for hydroxylation is 1. The molecule has 146 valence electrons. The molecule has 0 saturated carbocycles. The highest BCUT2D eigenvalue weighted by Crippen LogP contribution is 2.31. The van der Waals surface area contributed by atoms with Crippen molar-refractivity contribution in [1.29, 1.82) is 0 Å². The van der Waals surface area contributed by atoms with Gasteiger partial charge >= 0.3 is 0 Å². The zero-order valence-corrected chi connectivity index (χ0v) is 16.1. The zero-order valence-electron chi connectivity index (χ0n) is 16.1. The molecular weight excluding hydrogens is 354 g/mol. The Kier molecular flexibility index (Phi) is 5.30. The van der Waals surface area contributed by atoms with E-state index < -0.39 is 0 Å². The van der Waals surface area contributed by atoms with Gasteiger partial charge in [-0.2, -0.15) is 0 Å². The maximum atomic E-state index is 12.3. The topological polar surface area (TPSA) is 63.6 Å². The van der Waals surface area contributed by atoms with E-state index in [1.54, 1.807) is 4.90 Å². The molecule has 4 rings (SSSR count). The predicted molar refractivity (Wildman–Crippen MR) is 110 cm³/mol. The molecule has 3 aromatic rings. The van der Waals surface area contributed by atoms with Crippen molar-refractivity contribution in [3.63, 3.8) is 0 Å². The highest BCUT2D eigenvalue weighted by molar-refractivity contribution is 6.09. The molecule has 2 aromatic carbocycles. The third-order valence-electron chi connectivity index (χ3n) is 5.30. The van der Waals surface area contributed by atoms with Crippen molar-refractivity contribution in [1.82, 2.24) is 9.47 Å². The first-order chi connectivity index (χ1) is 13.7. The van der Waals surface area contributed by atoms with Crippen LogP contribution in [0.4, 0.5) is 5.69 Å². The molecule has 2 amide bonds. The Balaban J connectivity index is 1.46. The first-order valence-corrected chi connectivity index (χ1v) is 9.83. The number of amides is 2. The number of aromatic nitrogens is 1. The van der Waals surface area contributed by atoms with Gasteiger partial charge in [0.25, 0.3) is 0 Å². The molecule has 0 spiro atoms. The van der Waals surface area contributed by atoms with Crippen LogP contribution in [-0.4, -0.2) is 47.6 Å². The minimum absolute atomic E-state index is 0.0138. The molecule has 28 heavy (non-hydrogen) atoms. The number of benzene rings is 2. The summed E-state index contributed by atoms with van der Waals surface area (Å²) in [6, 6.07) is 14.3. The number of hydrogen-bond donors (Lipinski definition) is 1. The minimum Gasteiger partial charge on any atom is -0.378 e. The number of rotatable bonds is 5. The molecule has 0 unspecified atom stereocenters. The highest BCUT2D eigenvalue weighted by atomic mass is 16.5. The minimum atomic E-state index is -0.139. The largest absolute Gasteiger partial charge is 0.378 e. The number of anilines is 1. The number of para-hydroxylation sites is 1. The Hall–Kier alpha value is -2.86. The monoisotopic (exact) mass is 379 g/mol. The third-order valence-corrected chi connectivity index (χ3v) is 5.30. The van der Waals surface area contributed by atoms with Crippen LogP contribution < -0.4 is 5.32 Å². The first-order valence-electron chi connectivity index (χ1n) is 9.83. The maximum absolute atomic E-state index is 12.3. The van der Waals surface area contributed by atoms with Crippen LogP contribution in [0.1, 0.15) is 19.8 Å². The first kappa shape index (κ1) is 18.5. The van der Waals surface area contributed by atoms with Gasteiger partial charge in [-0.1, -0.05) is 18.2 Å². The van der Waals surface area contributed by atoms with Crippen LogP contribution in [-0.2, 0) is 20.9 Å². The van der Waals surface area contributed by atoms with Gasteiger partial charge in [-0.15, -0.1) is 0 Å². The number of morpholine rings is 1. The van der Waals surface area contributed by atoms with E-state index >= 15 is 0 Å². The van der Waals surface area contributed by atoms with E-state index in [2.05, 4.69) is 28.9 Å². The molecule has 1 aromatic heterocycles. The SMILES string of the molecule is CCn1c2ccccc2c2cc(NC(=O)CCC(=O)N3CCOCC3)ccc21. The van der Waals surface area contributed by atoms with E-state index in [0.29, 0.717) is 26.3 Å². The quantitative estimate of drug-likeness (QED) is 0.739. The summed E-state index contributed by atoms with van der Waals surface area (Å²) < 4.78 is 7.53. The lowest BCUT2D eigenvalue weighted by Gasteiger charge is -2.26. The summed E-state index contributed by atoms with van der Waals surface area (Å²) >= 11 is 0. The molecule has 1 aliphatic rings. The summed E-state index contributed by atoms with van der Waals surface area (Å²) in [5.41, 5.74) is 3.11. The van der Waals surface area contributed by atoms with Crippen LogP contribution >= 0.6 is 0 Å². The summed E-state index contributed by atoms with van der Waals surface area (Å²) in [6.07, 6.45) is 0.411. The number of carbonyl (C=O) groups is 2. The van der Waals surface area contributed by atoms with Gasteiger partial charge in [-0.25, -0.2) is 0 Å². The summed E-state index contributed by atoms with van der Waals surface area (Å²) in [5, 5.41) is 5.24. The van der Waals surface area contributed by atoms with Gasteiger partial charge < -0.3 is 19.5 Å². The van der Waals surface area contributed by atoms with Crippen LogP contribution in [0.2, 0.25) is 0 Å². The standard InChI is InChI=1S/C22H25N3O3/c1-2-25-19-6-4-3-5-17(19)18-15-16(7-8-20(18)25)23-21(26)9-10-22(27)24-11-13-28-14-12-24/h3-8,15H,2,9-14H2,1H3,(H,23,26). The van der Waals surface area contributed by atoms with Crippen LogP contribution in [0.25, 0.3) is 21.8 Å². The Morgan fingerprint density at radius 3 is 2.54 bits per heavy atom. The zero-order chi connectivity index (χ0) is 19.5. The second kappa shape index (κ2) is 8.02. The Morgan fingerprint density at radius 1 is 1.00 bits per heavy atom. The second-order valence-electron chi connectivity index (χ2n) is 7.03. The number of fused-ring (bicyclic) bond motifs is 3. The van der Waals surface area contributed by atoms with Crippen molar-refractivity contribution >= 4 is 39.3 Å². The molecule has 0 atom stereocenters. The molecule has 1 N–H and O–H groups in total. The van der Waals surface area contributed by atoms with E-state index in [-0.39, 0.29) is 24.7 Å². The average Bonchev–Trinajstić information content (AvgIpc) is 3.05. The van der Waals surface area contributed by atoms with E-state index in [1.807, 2.05) is 30.3 Å². The lowest BCUT2D eigenvalue weighted by molar-refractivity contribution is -0.136. The lowest BCUT2D eigenvalue weighted by atomic mass is 10.1. The average molecular weight is 379 g/mol. The molecule has 1 saturated heterocycles.